The highest BCUT2D eigenvalue weighted by Crippen LogP contribution is 2.35. The van der Waals surface area contributed by atoms with Crippen molar-refractivity contribution < 1.29 is 78.2 Å². The number of carbonyl (C=O) groups is 4. The summed E-state index contributed by atoms with van der Waals surface area (Å²) in [6, 6.07) is -6.16. The van der Waals surface area contributed by atoms with Gasteiger partial charge in [0.15, 0.2) is 18.9 Å². The number of nitrogens with zero attached hydrogens (tertiary/aromatic N) is 4. The zero-order valence-corrected chi connectivity index (χ0v) is 40.1. The molecule has 6 rings (SSSR count). The predicted molar refractivity (Wildman–Crippen MR) is 247 cm³/mol. The van der Waals surface area contributed by atoms with Crippen LogP contribution in [0, 0.1) is 0 Å². The van der Waals surface area contributed by atoms with Crippen molar-refractivity contribution in [1.82, 2.24) is 40.5 Å². The highest BCUT2D eigenvalue weighted by atomic mass is 16.8. The summed E-state index contributed by atoms with van der Waals surface area (Å²) in [6.45, 7) is 0.489. The number of hydrogen-bond acceptors (Lipinski definition) is 26. The normalized spacial score (nSPS) is 36.1. The van der Waals surface area contributed by atoms with Gasteiger partial charge in [-0.15, -0.1) is 5.10 Å². The maximum Gasteiger partial charge on any atom is 0.328 e. The number of rotatable bonds is 22. The molecule has 4 aliphatic rings. The molecule has 2 aromatic rings. The Morgan fingerprint density at radius 3 is 1.95 bits per heavy atom. The molecule has 33 heteroatoms. The van der Waals surface area contributed by atoms with Crippen LogP contribution in [0.15, 0.2) is 28.0 Å². The number of aromatic amines is 1. The number of nitrogens with one attached hydrogen (secondary N) is 4. The number of amides is 4. The van der Waals surface area contributed by atoms with E-state index in [-0.39, 0.29) is 57.7 Å². The van der Waals surface area contributed by atoms with Crippen LogP contribution in [0.4, 0.5) is 0 Å². The van der Waals surface area contributed by atoms with E-state index in [1.54, 1.807) is 0 Å². The van der Waals surface area contributed by atoms with Crippen LogP contribution in [0.3, 0.4) is 0 Å². The lowest BCUT2D eigenvalue weighted by Gasteiger charge is -2.47. The minimum absolute atomic E-state index is 0.0100. The number of aromatic nitrogens is 5. The third-order valence-corrected chi connectivity index (χ3v) is 13.1. The van der Waals surface area contributed by atoms with E-state index in [0.717, 1.165) is 10.6 Å². The van der Waals surface area contributed by atoms with Crippen LogP contribution in [0.2, 0.25) is 0 Å². The number of hydrogen-bond donors (Lipinski definition) is 17. The SMILES string of the molecule is C[C@H](NC(=O)[C@H](Cc1cn(C[C@H]2O[C@@H](O[C@@H]3[C@@H](O)[C@H](N)C[C@H](N)[C@H]3O[C@H]3O[C@H](CN)[C@@H](O)[C@H](O)[C@H]3N)[C@H](O)[C@@H]2O[C@H]2O[C@@H](CN)[C@@H](O)[C@H](O)[C@H]2N)nn1)NC(=O)CCC(=O)NCCn1ccc(=O)[nH]c1=O)C(N)=O. The Labute approximate surface area is 420 Å². The van der Waals surface area contributed by atoms with Crippen molar-refractivity contribution in [2.24, 2.45) is 40.1 Å². The molecule has 4 fully saturated rings. The standard InChI is InChI=1S/C41H69N15O18/c1-14(36(48)66)50-37(67)18(51-23(58)3-2-22(57)49-5-7-55-6-4-24(59)52-41(55)68)8-15-12-56(54-53-15)13-21-34(73-39-26(47)31(64)29(62)20(11-43)70-39)32(65)40(71-21)74-35-27(60)16(44)9-17(45)33(35)72-38-25(46)30(63)28(61)19(10-42)69-38/h4,6,12,14,16-21,25-35,38-40,60-65H,2-3,5,7-11,13,42-47H2,1H3,(H2,48,66)(H,49,57)(H,50,67)(H,51,58)(H,52,59,68)/t14-,16+,17-,18-,19+,20-,21+,25+,26+,27-,28+,29+,30+,31+,32+,33+,34+,35+,38+,39+,40-/m0/s1. The van der Waals surface area contributed by atoms with Crippen molar-refractivity contribution in [3.63, 3.8) is 0 Å². The van der Waals surface area contributed by atoms with Gasteiger partial charge < -0.3 is 115 Å². The predicted octanol–water partition coefficient (Wildman–Crippen LogP) is -12.1. The lowest BCUT2D eigenvalue weighted by molar-refractivity contribution is -0.306. The van der Waals surface area contributed by atoms with Crippen molar-refractivity contribution in [3.05, 3.63) is 45.0 Å². The van der Waals surface area contributed by atoms with Gasteiger partial charge in [-0.3, -0.25) is 33.5 Å². The Kier molecular flexibility index (Phi) is 20.2. The highest BCUT2D eigenvalue weighted by Gasteiger charge is 2.54. The molecule has 3 saturated heterocycles. The first kappa shape index (κ1) is 58.2. The molecule has 0 bridgehead atoms. The molecule has 33 nitrogen and oxygen atoms in total. The van der Waals surface area contributed by atoms with Crippen LogP contribution >= 0.6 is 0 Å². The summed E-state index contributed by atoms with van der Waals surface area (Å²) in [5.74, 6) is -3.06. The van der Waals surface area contributed by atoms with Gasteiger partial charge >= 0.3 is 5.69 Å². The first-order valence-corrected chi connectivity index (χ1v) is 23.8. The van der Waals surface area contributed by atoms with Crippen LogP contribution in [0.25, 0.3) is 0 Å². The van der Waals surface area contributed by atoms with Crippen LogP contribution < -0.4 is 67.3 Å². The largest absolute Gasteiger partial charge is 0.389 e. The molecule has 5 heterocycles. The molecule has 1 saturated carbocycles. The molecule has 2 aromatic heterocycles. The summed E-state index contributed by atoms with van der Waals surface area (Å²) in [4.78, 5) is 76.3. The molecule has 21 atom stereocenters. The average molecular weight is 1060 g/mol. The van der Waals surface area contributed by atoms with Gasteiger partial charge in [0.1, 0.15) is 79.2 Å². The number of aliphatic hydroxyl groups is 6. The van der Waals surface area contributed by atoms with E-state index in [2.05, 4.69) is 31.2 Å². The van der Waals surface area contributed by atoms with Crippen LogP contribution in [-0.4, -0.2) is 227 Å². The third-order valence-electron chi connectivity index (χ3n) is 13.1. The fraction of sp³-hybridized carbons (Fsp3) is 0.756. The van der Waals surface area contributed by atoms with Gasteiger partial charge in [-0.2, -0.15) is 0 Å². The molecule has 0 aromatic carbocycles. The molecule has 0 radical (unpaired) electrons. The lowest BCUT2D eigenvalue weighted by Crippen LogP contribution is -2.68. The summed E-state index contributed by atoms with van der Waals surface area (Å²) in [7, 11) is 0. The van der Waals surface area contributed by atoms with Crippen molar-refractivity contribution >= 4 is 23.6 Å². The molecular formula is C41H69N15O18. The zero-order chi connectivity index (χ0) is 54.3. The van der Waals surface area contributed by atoms with Gasteiger partial charge in [0.05, 0.1) is 30.4 Å². The highest BCUT2D eigenvalue weighted by molar-refractivity contribution is 5.92. The van der Waals surface area contributed by atoms with Gasteiger partial charge in [-0.05, 0) is 13.3 Å². The summed E-state index contributed by atoms with van der Waals surface area (Å²) >= 11 is 0. The Morgan fingerprint density at radius 1 is 0.770 bits per heavy atom. The number of ether oxygens (including phenoxy) is 6. The van der Waals surface area contributed by atoms with Crippen LogP contribution in [0.5, 0.6) is 0 Å². The van der Waals surface area contributed by atoms with E-state index in [0.29, 0.717) is 0 Å². The van der Waals surface area contributed by atoms with Crippen molar-refractivity contribution in [2.45, 2.75) is 174 Å². The topological polar surface area (TPSA) is 549 Å². The van der Waals surface area contributed by atoms with Gasteiger partial charge in [-0.25, -0.2) is 9.48 Å². The molecule has 0 spiro atoms. The zero-order valence-electron chi connectivity index (χ0n) is 40.1. The van der Waals surface area contributed by atoms with E-state index in [9.17, 15) is 59.4 Å². The molecule has 4 amide bonds. The maximum absolute atomic E-state index is 13.5. The van der Waals surface area contributed by atoms with Gasteiger partial charge in [-0.1, -0.05) is 5.21 Å². The molecule has 416 valence electrons. The van der Waals surface area contributed by atoms with E-state index in [4.69, 9.17) is 68.6 Å². The fourth-order valence-electron chi connectivity index (χ4n) is 8.77. The molecule has 0 unspecified atom stereocenters. The summed E-state index contributed by atoms with van der Waals surface area (Å²) in [5, 5.41) is 81.4. The van der Waals surface area contributed by atoms with Gasteiger partial charge in [0, 0.05) is 76.0 Å². The summed E-state index contributed by atoms with van der Waals surface area (Å²) < 4.78 is 38.7. The molecule has 24 N–H and O–H groups in total. The molecule has 1 aliphatic carbocycles. The van der Waals surface area contributed by atoms with Crippen molar-refractivity contribution in [3.8, 4) is 0 Å². The number of aliphatic hydroxyl groups excluding tert-OH is 6. The van der Waals surface area contributed by atoms with Crippen LogP contribution in [0.1, 0.15) is 31.9 Å². The Bertz CT molecular complexity index is 2330. The molecular weight excluding hydrogens is 991 g/mol. The van der Waals surface area contributed by atoms with Gasteiger partial charge in [0.25, 0.3) is 5.56 Å². The summed E-state index contributed by atoms with van der Waals surface area (Å²) in [6.07, 6.45) is -20.4. The fourth-order valence-corrected chi connectivity index (χ4v) is 8.77. The van der Waals surface area contributed by atoms with E-state index < -0.39 is 170 Å². The Balaban J connectivity index is 1.18. The average Bonchev–Trinajstić information content (AvgIpc) is 3.92. The smallest absolute Gasteiger partial charge is 0.328 e. The molecule has 74 heavy (non-hydrogen) atoms. The number of primary amides is 1. The second-order valence-corrected chi connectivity index (χ2v) is 18.6. The second kappa shape index (κ2) is 25.7. The quantitative estimate of drug-likeness (QED) is 0.0521. The number of nitrogens with two attached hydrogens (primary N) is 7. The monoisotopic (exact) mass is 1060 g/mol. The van der Waals surface area contributed by atoms with Crippen LogP contribution in [-0.2, 0) is 67.1 Å². The minimum atomic E-state index is -1.79. The van der Waals surface area contributed by atoms with E-state index >= 15 is 0 Å². The van der Waals surface area contributed by atoms with E-state index in [1.165, 1.54) is 24.0 Å². The lowest BCUT2D eigenvalue weighted by atomic mass is 9.84. The first-order valence-electron chi connectivity index (χ1n) is 23.8. The molecule has 3 aliphatic heterocycles. The van der Waals surface area contributed by atoms with Crippen molar-refractivity contribution in [1.29, 1.82) is 0 Å². The second-order valence-electron chi connectivity index (χ2n) is 18.6. The number of H-pyrrole nitrogens is 1. The third kappa shape index (κ3) is 14.1. The summed E-state index contributed by atoms with van der Waals surface area (Å²) in [5.41, 5.74) is 40.9. The Hall–Kier alpha value is -5.02. The number of carbonyl (C=O) groups excluding carboxylic acids is 4. The maximum atomic E-state index is 13.5. The van der Waals surface area contributed by atoms with E-state index in [1.807, 2.05) is 0 Å². The first-order chi connectivity index (χ1) is 35.0. The minimum Gasteiger partial charge on any atom is -0.389 e. The van der Waals surface area contributed by atoms with Gasteiger partial charge in [0.2, 0.25) is 23.6 Å². The Morgan fingerprint density at radius 2 is 1.35 bits per heavy atom. The van der Waals surface area contributed by atoms with Crippen molar-refractivity contribution in [2.75, 3.05) is 19.6 Å².